The summed E-state index contributed by atoms with van der Waals surface area (Å²) in [6.07, 6.45) is 3.73. The lowest BCUT2D eigenvalue weighted by molar-refractivity contribution is 0.217. The van der Waals surface area contributed by atoms with Crippen molar-refractivity contribution in [2.45, 2.75) is 52.9 Å². The standard InChI is InChI=1S/C15H26N2S/c1-10(9-16-5)14-17-12-7-6-11(15(2,3)4)8-13(12)18-14/h10-11,16H,6-9H2,1-5H3. The van der Waals surface area contributed by atoms with Crippen molar-refractivity contribution in [3.05, 3.63) is 15.6 Å². The molecule has 18 heavy (non-hydrogen) atoms. The highest BCUT2D eigenvalue weighted by atomic mass is 32.1. The van der Waals surface area contributed by atoms with Crippen LogP contribution in [0.1, 0.15) is 55.6 Å². The minimum Gasteiger partial charge on any atom is -0.319 e. The Labute approximate surface area is 115 Å². The summed E-state index contributed by atoms with van der Waals surface area (Å²) in [6, 6.07) is 0. The lowest BCUT2D eigenvalue weighted by Crippen LogP contribution is -2.26. The molecule has 0 fully saturated rings. The quantitative estimate of drug-likeness (QED) is 0.904. The van der Waals surface area contributed by atoms with E-state index in [0.717, 1.165) is 12.5 Å². The first kappa shape index (κ1) is 14.0. The third kappa shape index (κ3) is 2.94. The first-order valence-corrected chi connectivity index (χ1v) is 7.86. The minimum atomic E-state index is 0.429. The Kier molecular flexibility index (Phi) is 4.12. The second-order valence-corrected chi connectivity index (χ2v) is 7.80. The number of thiazole rings is 1. The number of nitrogens with zero attached hydrogens (tertiary/aromatic N) is 1. The molecule has 0 aromatic carbocycles. The first-order valence-electron chi connectivity index (χ1n) is 7.05. The van der Waals surface area contributed by atoms with Crippen molar-refractivity contribution < 1.29 is 0 Å². The van der Waals surface area contributed by atoms with Crippen molar-refractivity contribution in [2.75, 3.05) is 13.6 Å². The Morgan fingerprint density at radius 3 is 2.78 bits per heavy atom. The van der Waals surface area contributed by atoms with Crippen LogP contribution in [0, 0.1) is 11.3 Å². The van der Waals surface area contributed by atoms with Crippen LogP contribution in [0.25, 0.3) is 0 Å². The molecule has 0 bridgehead atoms. The summed E-state index contributed by atoms with van der Waals surface area (Å²) >= 11 is 1.95. The fourth-order valence-corrected chi connectivity index (χ4v) is 3.98. The number of likely N-dealkylation sites (N-methyl/N-ethyl adjacent to an activating group) is 1. The Morgan fingerprint density at radius 2 is 2.17 bits per heavy atom. The second-order valence-electron chi connectivity index (χ2n) is 6.69. The van der Waals surface area contributed by atoms with Crippen molar-refractivity contribution >= 4 is 11.3 Å². The highest BCUT2D eigenvalue weighted by Crippen LogP contribution is 2.39. The van der Waals surface area contributed by atoms with Gasteiger partial charge in [-0.25, -0.2) is 4.98 Å². The van der Waals surface area contributed by atoms with Crippen molar-refractivity contribution in [1.29, 1.82) is 0 Å². The summed E-state index contributed by atoms with van der Waals surface area (Å²) < 4.78 is 0. The van der Waals surface area contributed by atoms with E-state index in [1.807, 2.05) is 18.4 Å². The maximum absolute atomic E-state index is 4.86. The molecule has 1 N–H and O–H groups in total. The predicted molar refractivity (Wildman–Crippen MR) is 79.4 cm³/mol. The molecule has 3 heteroatoms. The van der Waals surface area contributed by atoms with E-state index in [9.17, 15) is 0 Å². The van der Waals surface area contributed by atoms with Gasteiger partial charge >= 0.3 is 0 Å². The van der Waals surface area contributed by atoms with E-state index in [1.165, 1.54) is 30.0 Å². The van der Waals surface area contributed by atoms with E-state index in [4.69, 9.17) is 4.98 Å². The largest absolute Gasteiger partial charge is 0.319 e. The Bertz CT molecular complexity index is 403. The number of rotatable bonds is 3. The summed E-state index contributed by atoms with van der Waals surface area (Å²) in [5.74, 6) is 1.36. The van der Waals surface area contributed by atoms with Crippen LogP contribution in [0.3, 0.4) is 0 Å². The molecule has 0 saturated heterocycles. The molecule has 2 unspecified atom stereocenters. The van der Waals surface area contributed by atoms with Crippen LogP contribution >= 0.6 is 11.3 Å². The maximum atomic E-state index is 4.86. The van der Waals surface area contributed by atoms with Gasteiger partial charge in [0, 0.05) is 17.3 Å². The number of fused-ring (bicyclic) bond motifs is 1. The normalized spacial score (nSPS) is 21.7. The molecule has 2 nitrogen and oxygen atoms in total. The van der Waals surface area contributed by atoms with E-state index < -0.39 is 0 Å². The van der Waals surface area contributed by atoms with Crippen molar-refractivity contribution in [1.82, 2.24) is 10.3 Å². The third-order valence-corrected chi connectivity index (χ3v) is 5.46. The van der Waals surface area contributed by atoms with E-state index in [1.54, 1.807) is 4.88 Å². The van der Waals surface area contributed by atoms with Crippen LogP contribution in [0.4, 0.5) is 0 Å². The van der Waals surface area contributed by atoms with Gasteiger partial charge in [0.1, 0.15) is 0 Å². The molecule has 0 amide bonds. The molecule has 1 aliphatic carbocycles. The van der Waals surface area contributed by atoms with Gasteiger partial charge in [-0.3, -0.25) is 0 Å². The van der Waals surface area contributed by atoms with Crippen LogP contribution in [-0.2, 0) is 12.8 Å². The molecule has 2 atom stereocenters. The van der Waals surface area contributed by atoms with Crippen LogP contribution in [0.15, 0.2) is 0 Å². The van der Waals surface area contributed by atoms with Gasteiger partial charge in [0.15, 0.2) is 0 Å². The smallest absolute Gasteiger partial charge is 0.0971 e. The van der Waals surface area contributed by atoms with Crippen LogP contribution < -0.4 is 5.32 Å². The van der Waals surface area contributed by atoms with Gasteiger partial charge in [0.2, 0.25) is 0 Å². The van der Waals surface area contributed by atoms with Gasteiger partial charge in [-0.05, 0) is 37.6 Å². The van der Waals surface area contributed by atoms with E-state index in [0.29, 0.717) is 11.3 Å². The third-order valence-electron chi connectivity index (χ3n) is 4.11. The van der Waals surface area contributed by atoms with Gasteiger partial charge in [0.25, 0.3) is 0 Å². The summed E-state index contributed by atoms with van der Waals surface area (Å²) in [5, 5.41) is 4.57. The van der Waals surface area contributed by atoms with Gasteiger partial charge < -0.3 is 5.32 Å². The van der Waals surface area contributed by atoms with Gasteiger partial charge in [-0.15, -0.1) is 11.3 Å². The number of hydrogen-bond donors (Lipinski definition) is 1. The summed E-state index contributed by atoms with van der Waals surface area (Å²) in [7, 11) is 2.01. The molecule has 1 aliphatic rings. The average molecular weight is 266 g/mol. The highest BCUT2D eigenvalue weighted by molar-refractivity contribution is 7.11. The second kappa shape index (κ2) is 5.30. The maximum Gasteiger partial charge on any atom is 0.0971 e. The number of aryl methyl sites for hydroxylation is 1. The molecule has 1 aromatic heterocycles. The van der Waals surface area contributed by atoms with Gasteiger partial charge in [-0.1, -0.05) is 27.7 Å². The summed E-state index contributed by atoms with van der Waals surface area (Å²) in [4.78, 5) is 6.42. The fourth-order valence-electron chi connectivity index (χ4n) is 2.74. The highest BCUT2D eigenvalue weighted by Gasteiger charge is 2.31. The number of nitrogens with one attached hydrogen (secondary N) is 1. The molecule has 1 heterocycles. The predicted octanol–water partition coefficient (Wildman–Crippen LogP) is 3.62. The molecule has 0 spiro atoms. The van der Waals surface area contributed by atoms with E-state index in [2.05, 4.69) is 33.0 Å². The molecule has 102 valence electrons. The first-order chi connectivity index (χ1) is 8.41. The minimum absolute atomic E-state index is 0.429. The summed E-state index contributed by atoms with van der Waals surface area (Å²) in [6.45, 7) is 10.4. The molecule has 0 aliphatic heterocycles. The van der Waals surface area contributed by atoms with Crippen molar-refractivity contribution in [3.8, 4) is 0 Å². The number of aromatic nitrogens is 1. The number of hydrogen-bond acceptors (Lipinski definition) is 3. The van der Waals surface area contributed by atoms with E-state index in [-0.39, 0.29) is 0 Å². The van der Waals surface area contributed by atoms with Crippen LogP contribution in [0.5, 0.6) is 0 Å². The average Bonchev–Trinajstić information content (AvgIpc) is 2.70. The molecular formula is C15H26N2S. The van der Waals surface area contributed by atoms with Crippen LogP contribution in [0.2, 0.25) is 0 Å². The van der Waals surface area contributed by atoms with Gasteiger partial charge in [-0.2, -0.15) is 0 Å². The zero-order valence-corrected chi connectivity index (χ0v) is 13.2. The Morgan fingerprint density at radius 1 is 1.44 bits per heavy atom. The van der Waals surface area contributed by atoms with Gasteiger partial charge in [0.05, 0.1) is 10.7 Å². The zero-order chi connectivity index (χ0) is 13.3. The zero-order valence-electron chi connectivity index (χ0n) is 12.3. The molecular weight excluding hydrogens is 240 g/mol. The van der Waals surface area contributed by atoms with Crippen molar-refractivity contribution in [2.24, 2.45) is 11.3 Å². The molecule has 2 rings (SSSR count). The monoisotopic (exact) mass is 266 g/mol. The molecule has 1 aromatic rings. The fraction of sp³-hybridized carbons (Fsp3) is 0.800. The van der Waals surface area contributed by atoms with E-state index >= 15 is 0 Å². The van der Waals surface area contributed by atoms with Crippen molar-refractivity contribution in [3.63, 3.8) is 0 Å². The van der Waals surface area contributed by atoms with Crippen LogP contribution in [-0.4, -0.2) is 18.6 Å². The lowest BCUT2D eigenvalue weighted by Gasteiger charge is -2.33. The topological polar surface area (TPSA) is 24.9 Å². The SMILES string of the molecule is CNCC(C)c1nc2c(s1)CC(C(C)(C)C)CC2. The summed E-state index contributed by atoms with van der Waals surface area (Å²) in [5.41, 5.74) is 1.82. The molecule has 0 radical (unpaired) electrons. The Balaban J connectivity index is 2.14. The lowest BCUT2D eigenvalue weighted by atomic mass is 9.73. The molecule has 0 saturated carbocycles. The Hall–Kier alpha value is -0.410.